The summed E-state index contributed by atoms with van der Waals surface area (Å²) < 4.78 is 2.80. The largest absolute Gasteiger partial charge is 0.331 e. The molecule has 0 amide bonds. The van der Waals surface area contributed by atoms with E-state index >= 15 is 0 Å². The van der Waals surface area contributed by atoms with E-state index in [0.29, 0.717) is 35.4 Å². The van der Waals surface area contributed by atoms with Crippen molar-refractivity contribution in [3.8, 4) is 0 Å². The highest BCUT2D eigenvalue weighted by Crippen LogP contribution is 2.25. The molecular formula is C18H16Cl2N2O2. The molecule has 0 bridgehead atoms. The van der Waals surface area contributed by atoms with E-state index in [0.717, 1.165) is 5.56 Å². The average molecular weight is 363 g/mol. The van der Waals surface area contributed by atoms with Gasteiger partial charge in [0, 0.05) is 11.6 Å². The van der Waals surface area contributed by atoms with Crippen LogP contribution in [0, 0.1) is 0 Å². The van der Waals surface area contributed by atoms with Crippen LogP contribution in [0.4, 0.5) is 0 Å². The van der Waals surface area contributed by atoms with Crippen LogP contribution in [0.1, 0.15) is 18.9 Å². The first-order valence-electron chi connectivity index (χ1n) is 7.69. The fourth-order valence-corrected chi connectivity index (χ4v) is 3.36. The zero-order valence-electron chi connectivity index (χ0n) is 13.1. The van der Waals surface area contributed by atoms with Crippen LogP contribution in [0.3, 0.4) is 0 Å². The maximum atomic E-state index is 12.9. The van der Waals surface area contributed by atoms with Gasteiger partial charge in [-0.15, -0.1) is 0 Å². The molecule has 0 saturated heterocycles. The van der Waals surface area contributed by atoms with Crippen molar-refractivity contribution < 1.29 is 0 Å². The lowest BCUT2D eigenvalue weighted by atomic mass is 10.2. The van der Waals surface area contributed by atoms with Crippen LogP contribution in [0.5, 0.6) is 0 Å². The highest BCUT2D eigenvalue weighted by molar-refractivity contribution is 6.38. The Hall–Kier alpha value is -2.04. The van der Waals surface area contributed by atoms with Gasteiger partial charge in [-0.25, -0.2) is 4.79 Å². The molecule has 0 radical (unpaired) electrons. The minimum absolute atomic E-state index is 0.258. The lowest BCUT2D eigenvalue weighted by Crippen LogP contribution is -2.40. The van der Waals surface area contributed by atoms with Crippen molar-refractivity contribution in [3.05, 3.63) is 78.9 Å². The Morgan fingerprint density at radius 3 is 2.38 bits per heavy atom. The maximum absolute atomic E-state index is 12.9. The number of hydrogen-bond acceptors (Lipinski definition) is 2. The lowest BCUT2D eigenvalue weighted by Gasteiger charge is -2.15. The third-order valence-corrected chi connectivity index (χ3v) is 4.39. The SMILES string of the molecule is CCCn1c(=O)c2c(Cl)cc(Cl)cc2n(Cc2ccccc2)c1=O. The van der Waals surface area contributed by atoms with Crippen LogP contribution in [-0.2, 0) is 13.1 Å². The molecule has 6 heteroatoms. The fraction of sp³-hybridized carbons (Fsp3) is 0.222. The Bertz CT molecular complexity index is 1010. The van der Waals surface area contributed by atoms with Crippen molar-refractivity contribution in [1.29, 1.82) is 0 Å². The zero-order valence-corrected chi connectivity index (χ0v) is 14.6. The lowest BCUT2D eigenvalue weighted by molar-refractivity contribution is 0.581. The number of hydrogen-bond donors (Lipinski definition) is 0. The van der Waals surface area contributed by atoms with E-state index < -0.39 is 0 Å². The van der Waals surface area contributed by atoms with Crippen molar-refractivity contribution in [2.75, 3.05) is 0 Å². The van der Waals surface area contributed by atoms with Crippen molar-refractivity contribution in [3.63, 3.8) is 0 Å². The minimum Gasteiger partial charge on any atom is -0.289 e. The topological polar surface area (TPSA) is 44.0 Å². The van der Waals surface area contributed by atoms with Crippen LogP contribution in [0.2, 0.25) is 10.0 Å². The van der Waals surface area contributed by atoms with Crippen LogP contribution in [-0.4, -0.2) is 9.13 Å². The molecule has 0 unspecified atom stereocenters. The monoisotopic (exact) mass is 362 g/mol. The molecule has 0 fully saturated rings. The molecule has 0 aliphatic heterocycles. The van der Waals surface area contributed by atoms with Crippen molar-refractivity contribution >= 4 is 34.1 Å². The van der Waals surface area contributed by atoms with Gasteiger partial charge in [0.25, 0.3) is 5.56 Å². The van der Waals surface area contributed by atoms with Crippen LogP contribution in [0.15, 0.2) is 52.1 Å². The summed E-state index contributed by atoms with van der Waals surface area (Å²) in [5, 5.41) is 0.973. The van der Waals surface area contributed by atoms with Gasteiger partial charge < -0.3 is 0 Å². The third kappa shape index (κ3) is 2.99. The molecule has 4 nitrogen and oxygen atoms in total. The number of aromatic nitrogens is 2. The first kappa shape index (κ1) is 16.8. The highest BCUT2D eigenvalue weighted by atomic mass is 35.5. The Labute approximate surface area is 148 Å². The molecule has 0 spiro atoms. The molecule has 0 saturated carbocycles. The summed E-state index contributed by atoms with van der Waals surface area (Å²) in [5.41, 5.74) is 0.691. The summed E-state index contributed by atoms with van der Waals surface area (Å²) in [6.07, 6.45) is 0.678. The summed E-state index contributed by atoms with van der Waals surface area (Å²) in [5.74, 6) is 0. The molecule has 124 valence electrons. The molecule has 2 aromatic carbocycles. The van der Waals surface area contributed by atoms with Gasteiger partial charge in [0.2, 0.25) is 0 Å². The summed E-state index contributed by atoms with van der Waals surface area (Å²) in [4.78, 5) is 25.6. The van der Waals surface area contributed by atoms with Crippen LogP contribution < -0.4 is 11.2 Å². The maximum Gasteiger partial charge on any atom is 0.331 e. The molecule has 3 aromatic rings. The predicted octanol–water partition coefficient (Wildman–Crippen LogP) is 3.93. The van der Waals surface area contributed by atoms with E-state index in [1.807, 2.05) is 37.3 Å². The Morgan fingerprint density at radius 2 is 1.71 bits per heavy atom. The van der Waals surface area contributed by atoms with Crippen LogP contribution >= 0.6 is 23.2 Å². The second-order valence-corrected chi connectivity index (χ2v) is 6.44. The Balaban J connectivity index is 2.37. The average Bonchev–Trinajstić information content (AvgIpc) is 2.55. The Kier molecular flexibility index (Phi) is 4.78. The zero-order chi connectivity index (χ0) is 17.3. The molecule has 3 rings (SSSR count). The molecule has 0 atom stereocenters. The third-order valence-electron chi connectivity index (χ3n) is 3.88. The molecule has 0 aliphatic carbocycles. The number of fused-ring (bicyclic) bond motifs is 1. The van der Waals surface area contributed by atoms with Gasteiger partial charge in [-0.3, -0.25) is 13.9 Å². The van der Waals surface area contributed by atoms with Gasteiger partial charge in [0.05, 0.1) is 22.5 Å². The van der Waals surface area contributed by atoms with Gasteiger partial charge >= 0.3 is 5.69 Å². The number of rotatable bonds is 4. The first-order chi connectivity index (χ1) is 11.5. The summed E-state index contributed by atoms with van der Waals surface area (Å²) in [6, 6.07) is 12.7. The predicted molar refractivity (Wildman–Crippen MR) is 98.3 cm³/mol. The molecule has 0 aliphatic rings. The van der Waals surface area contributed by atoms with E-state index in [1.54, 1.807) is 10.6 Å². The molecule has 24 heavy (non-hydrogen) atoms. The van der Waals surface area contributed by atoms with E-state index in [-0.39, 0.29) is 16.3 Å². The number of nitrogens with zero attached hydrogens (tertiary/aromatic N) is 2. The summed E-state index contributed by atoms with van der Waals surface area (Å²) >= 11 is 12.3. The van der Waals surface area contributed by atoms with Gasteiger partial charge in [0.15, 0.2) is 0 Å². The molecule has 1 heterocycles. The van der Waals surface area contributed by atoms with Gasteiger partial charge in [-0.05, 0) is 24.1 Å². The second-order valence-electron chi connectivity index (χ2n) is 5.59. The molecule has 0 N–H and O–H groups in total. The smallest absolute Gasteiger partial charge is 0.289 e. The highest BCUT2D eigenvalue weighted by Gasteiger charge is 2.16. The van der Waals surface area contributed by atoms with Gasteiger partial charge in [-0.1, -0.05) is 60.5 Å². The first-order valence-corrected chi connectivity index (χ1v) is 8.45. The molecule has 1 aromatic heterocycles. The van der Waals surface area contributed by atoms with Crippen molar-refractivity contribution in [2.45, 2.75) is 26.4 Å². The quantitative estimate of drug-likeness (QED) is 0.705. The van der Waals surface area contributed by atoms with E-state index in [1.165, 1.54) is 10.6 Å². The molecular weight excluding hydrogens is 347 g/mol. The van der Waals surface area contributed by atoms with Crippen molar-refractivity contribution in [2.24, 2.45) is 0 Å². The van der Waals surface area contributed by atoms with E-state index in [2.05, 4.69) is 0 Å². The van der Waals surface area contributed by atoms with Crippen molar-refractivity contribution in [1.82, 2.24) is 9.13 Å². The van der Waals surface area contributed by atoms with Gasteiger partial charge in [-0.2, -0.15) is 0 Å². The summed E-state index contributed by atoms with van der Waals surface area (Å²) in [7, 11) is 0. The summed E-state index contributed by atoms with van der Waals surface area (Å²) in [6.45, 7) is 2.61. The van der Waals surface area contributed by atoms with Crippen LogP contribution in [0.25, 0.3) is 10.9 Å². The van der Waals surface area contributed by atoms with E-state index in [9.17, 15) is 9.59 Å². The van der Waals surface area contributed by atoms with Gasteiger partial charge in [0.1, 0.15) is 0 Å². The minimum atomic E-state index is -0.372. The normalized spacial score (nSPS) is 11.1. The number of halogens is 2. The number of benzene rings is 2. The fourth-order valence-electron chi connectivity index (χ4n) is 2.79. The standard InChI is InChI=1S/C18H16Cl2N2O2/c1-2-8-21-17(23)16-14(20)9-13(19)10-15(16)22(18(21)24)11-12-6-4-3-5-7-12/h3-7,9-10H,2,8,11H2,1H3. The Morgan fingerprint density at radius 1 is 1.00 bits per heavy atom. The van der Waals surface area contributed by atoms with E-state index in [4.69, 9.17) is 23.2 Å². The second kappa shape index (κ2) is 6.83.